The average molecular weight is 283 g/mol. The van der Waals surface area contributed by atoms with Gasteiger partial charge in [0.15, 0.2) is 0 Å². The van der Waals surface area contributed by atoms with Crippen molar-refractivity contribution in [2.45, 2.75) is 6.42 Å². The number of carboxylic acid groups (broad SMARTS) is 1. The molecule has 1 aromatic rings. The number of nitrogens with one attached hydrogen (secondary N) is 1. The Morgan fingerprint density at radius 3 is 2.63 bits per heavy atom. The quantitative estimate of drug-likeness (QED) is 0.892. The fraction of sp³-hybridized carbons (Fsp3) is 0.385. The highest BCUT2D eigenvalue weighted by Crippen LogP contribution is 2.15. The van der Waals surface area contributed by atoms with E-state index in [2.05, 4.69) is 5.32 Å². The van der Waals surface area contributed by atoms with Gasteiger partial charge in [-0.1, -0.05) is 11.6 Å². The normalized spacial score (nSPS) is 18.4. The highest BCUT2D eigenvalue weighted by atomic mass is 35.5. The molecule has 2 rings (SSSR count). The van der Waals surface area contributed by atoms with Crippen molar-refractivity contribution in [2.75, 3.05) is 19.6 Å². The topological polar surface area (TPSA) is 69.6 Å². The standard InChI is InChI=1S/C13H15ClN2O3/c14-11-3-1-10(2-4-11)12(17)15-7-9-5-6-16(8-9)13(18)19/h1-4,9H,5-8H2,(H,15,17)(H,18,19)/t9-/m0/s1. The lowest BCUT2D eigenvalue weighted by Crippen LogP contribution is -2.32. The number of halogens is 1. The van der Waals surface area contributed by atoms with E-state index in [4.69, 9.17) is 16.7 Å². The van der Waals surface area contributed by atoms with Crippen LogP contribution in [-0.2, 0) is 0 Å². The number of amides is 2. The molecule has 6 heteroatoms. The number of rotatable bonds is 3. The number of hydrogen-bond donors (Lipinski definition) is 2. The van der Waals surface area contributed by atoms with Crippen LogP contribution in [0.2, 0.25) is 5.02 Å². The molecule has 5 nitrogen and oxygen atoms in total. The van der Waals surface area contributed by atoms with Crippen LogP contribution < -0.4 is 5.32 Å². The summed E-state index contributed by atoms with van der Waals surface area (Å²) in [5, 5.41) is 12.2. The minimum Gasteiger partial charge on any atom is -0.465 e. The minimum atomic E-state index is -0.897. The molecule has 1 atom stereocenters. The molecule has 0 bridgehead atoms. The first-order valence-corrected chi connectivity index (χ1v) is 6.45. The Morgan fingerprint density at radius 1 is 1.37 bits per heavy atom. The van der Waals surface area contributed by atoms with Crippen molar-refractivity contribution in [2.24, 2.45) is 5.92 Å². The molecule has 1 heterocycles. The molecule has 2 N–H and O–H groups in total. The van der Waals surface area contributed by atoms with Crippen LogP contribution in [0.1, 0.15) is 16.8 Å². The molecule has 0 aliphatic carbocycles. The van der Waals surface area contributed by atoms with Crippen molar-refractivity contribution >= 4 is 23.6 Å². The van der Waals surface area contributed by atoms with Gasteiger partial charge in [-0.15, -0.1) is 0 Å². The van der Waals surface area contributed by atoms with Crippen LogP contribution >= 0.6 is 11.6 Å². The first-order valence-electron chi connectivity index (χ1n) is 6.08. The van der Waals surface area contributed by atoms with E-state index in [-0.39, 0.29) is 11.8 Å². The fourth-order valence-electron chi connectivity index (χ4n) is 2.11. The van der Waals surface area contributed by atoms with Gasteiger partial charge in [0.05, 0.1) is 0 Å². The molecule has 0 spiro atoms. The third-order valence-corrected chi connectivity index (χ3v) is 3.47. The highest BCUT2D eigenvalue weighted by Gasteiger charge is 2.25. The number of nitrogens with zero attached hydrogens (tertiary/aromatic N) is 1. The van der Waals surface area contributed by atoms with Crippen LogP contribution in [0.5, 0.6) is 0 Å². The Balaban J connectivity index is 1.81. The summed E-state index contributed by atoms with van der Waals surface area (Å²) in [6.45, 7) is 1.51. The van der Waals surface area contributed by atoms with Gasteiger partial charge in [0.1, 0.15) is 0 Å². The van der Waals surface area contributed by atoms with Crippen molar-refractivity contribution in [1.29, 1.82) is 0 Å². The molecule has 1 aliphatic heterocycles. The molecule has 19 heavy (non-hydrogen) atoms. The summed E-state index contributed by atoms with van der Waals surface area (Å²) in [5.41, 5.74) is 0.553. The lowest BCUT2D eigenvalue weighted by Gasteiger charge is -2.13. The number of carbonyl (C=O) groups is 2. The van der Waals surface area contributed by atoms with Crippen molar-refractivity contribution in [3.8, 4) is 0 Å². The predicted molar refractivity (Wildman–Crippen MR) is 71.5 cm³/mol. The lowest BCUT2D eigenvalue weighted by atomic mass is 10.1. The van der Waals surface area contributed by atoms with Gasteiger partial charge in [0.25, 0.3) is 5.91 Å². The number of likely N-dealkylation sites (tertiary alicyclic amines) is 1. The van der Waals surface area contributed by atoms with Gasteiger partial charge in [0.2, 0.25) is 0 Å². The fourth-order valence-corrected chi connectivity index (χ4v) is 2.24. The van der Waals surface area contributed by atoms with E-state index >= 15 is 0 Å². The number of hydrogen-bond acceptors (Lipinski definition) is 2. The summed E-state index contributed by atoms with van der Waals surface area (Å²) in [6, 6.07) is 6.65. The van der Waals surface area contributed by atoms with E-state index in [9.17, 15) is 9.59 Å². The summed E-state index contributed by atoms with van der Waals surface area (Å²) >= 11 is 5.75. The van der Waals surface area contributed by atoms with Crippen LogP contribution in [0.25, 0.3) is 0 Å². The number of benzene rings is 1. The maximum Gasteiger partial charge on any atom is 0.407 e. The minimum absolute atomic E-state index is 0.162. The van der Waals surface area contributed by atoms with E-state index in [0.29, 0.717) is 30.2 Å². The van der Waals surface area contributed by atoms with Crippen molar-refractivity contribution < 1.29 is 14.7 Å². The van der Waals surface area contributed by atoms with Gasteiger partial charge < -0.3 is 15.3 Å². The maximum absolute atomic E-state index is 11.8. The lowest BCUT2D eigenvalue weighted by molar-refractivity contribution is 0.0947. The Labute approximate surface area is 116 Å². The van der Waals surface area contributed by atoms with Gasteiger partial charge in [-0.05, 0) is 36.6 Å². The average Bonchev–Trinajstić information content (AvgIpc) is 2.86. The Kier molecular flexibility index (Phi) is 4.27. The second-order valence-electron chi connectivity index (χ2n) is 4.60. The molecule has 0 aromatic heterocycles. The molecule has 2 amide bonds. The van der Waals surface area contributed by atoms with E-state index in [0.717, 1.165) is 6.42 Å². The molecule has 1 aliphatic rings. The molecule has 1 fully saturated rings. The van der Waals surface area contributed by atoms with Gasteiger partial charge in [-0.2, -0.15) is 0 Å². The Morgan fingerprint density at radius 2 is 2.05 bits per heavy atom. The summed E-state index contributed by atoms with van der Waals surface area (Å²) < 4.78 is 0. The highest BCUT2D eigenvalue weighted by molar-refractivity contribution is 6.30. The molecule has 0 unspecified atom stereocenters. The predicted octanol–water partition coefficient (Wildman–Crippen LogP) is 2.07. The Bertz CT molecular complexity index is 475. The van der Waals surface area contributed by atoms with E-state index < -0.39 is 6.09 Å². The van der Waals surface area contributed by atoms with E-state index in [1.54, 1.807) is 24.3 Å². The van der Waals surface area contributed by atoms with E-state index in [1.165, 1.54) is 4.90 Å². The largest absolute Gasteiger partial charge is 0.465 e. The summed E-state index contributed by atoms with van der Waals surface area (Å²) in [6.07, 6.45) is -0.112. The third-order valence-electron chi connectivity index (χ3n) is 3.21. The summed E-state index contributed by atoms with van der Waals surface area (Å²) in [7, 11) is 0. The Hall–Kier alpha value is -1.75. The number of carbonyl (C=O) groups excluding carboxylic acids is 1. The van der Waals surface area contributed by atoms with E-state index in [1.807, 2.05) is 0 Å². The second-order valence-corrected chi connectivity index (χ2v) is 5.04. The van der Waals surface area contributed by atoms with Crippen LogP contribution in [-0.4, -0.2) is 41.6 Å². The van der Waals surface area contributed by atoms with Gasteiger partial charge in [0, 0.05) is 30.2 Å². The summed E-state index contributed by atoms with van der Waals surface area (Å²) in [5.74, 6) is 0.0257. The van der Waals surface area contributed by atoms with Crippen molar-refractivity contribution in [1.82, 2.24) is 10.2 Å². The molecular weight excluding hydrogens is 268 g/mol. The van der Waals surface area contributed by atoms with Gasteiger partial charge in [-0.25, -0.2) is 4.79 Å². The molecule has 0 saturated carbocycles. The molecule has 1 saturated heterocycles. The molecule has 1 aromatic carbocycles. The molecule has 102 valence electrons. The monoisotopic (exact) mass is 282 g/mol. The van der Waals surface area contributed by atoms with Crippen LogP contribution in [0, 0.1) is 5.92 Å². The molecular formula is C13H15ClN2O3. The summed E-state index contributed by atoms with van der Waals surface area (Å²) in [4.78, 5) is 24.0. The van der Waals surface area contributed by atoms with Gasteiger partial charge >= 0.3 is 6.09 Å². The SMILES string of the molecule is O=C(NC[C@@H]1CCN(C(=O)O)C1)c1ccc(Cl)cc1. The van der Waals surface area contributed by atoms with Crippen molar-refractivity contribution in [3.63, 3.8) is 0 Å². The first kappa shape index (κ1) is 13.7. The van der Waals surface area contributed by atoms with Crippen LogP contribution in [0.4, 0.5) is 4.79 Å². The van der Waals surface area contributed by atoms with Crippen LogP contribution in [0.3, 0.4) is 0 Å². The van der Waals surface area contributed by atoms with Crippen molar-refractivity contribution in [3.05, 3.63) is 34.9 Å². The smallest absolute Gasteiger partial charge is 0.407 e. The zero-order valence-electron chi connectivity index (χ0n) is 10.3. The van der Waals surface area contributed by atoms with Crippen LogP contribution in [0.15, 0.2) is 24.3 Å². The second kappa shape index (κ2) is 5.93. The zero-order valence-corrected chi connectivity index (χ0v) is 11.1. The third kappa shape index (κ3) is 3.61. The van der Waals surface area contributed by atoms with Gasteiger partial charge in [-0.3, -0.25) is 4.79 Å². The maximum atomic E-state index is 11.8. The first-order chi connectivity index (χ1) is 9.06. The molecule has 0 radical (unpaired) electrons. The zero-order chi connectivity index (χ0) is 13.8.